The monoisotopic (exact) mass is 308 g/mol. The number of thiazole rings is 1. The third-order valence-electron chi connectivity index (χ3n) is 3.71. The minimum absolute atomic E-state index is 0.313. The number of nitrogens with zero attached hydrogens (tertiary/aromatic N) is 2. The second-order valence-corrected chi connectivity index (χ2v) is 6.99. The molecule has 5 heteroatoms. The summed E-state index contributed by atoms with van der Waals surface area (Å²) in [4.78, 5) is 18.9. The summed E-state index contributed by atoms with van der Waals surface area (Å²) < 4.78 is 0. The number of hydrogen-bond donors (Lipinski definition) is 1. The van der Waals surface area contributed by atoms with Crippen molar-refractivity contribution in [2.45, 2.75) is 52.0 Å². The molecule has 116 valence electrons. The summed E-state index contributed by atoms with van der Waals surface area (Å²) in [6.45, 7) is 7.39. The quantitative estimate of drug-likeness (QED) is 0.842. The van der Waals surface area contributed by atoms with Crippen LogP contribution in [-0.2, 0) is 11.3 Å². The first-order valence-corrected chi connectivity index (χ1v) is 8.51. The van der Waals surface area contributed by atoms with E-state index >= 15 is 0 Å². The molecule has 0 saturated carbocycles. The van der Waals surface area contributed by atoms with Crippen molar-refractivity contribution in [3.8, 4) is 0 Å². The summed E-state index contributed by atoms with van der Waals surface area (Å²) in [5, 5.41) is 9.90. The highest BCUT2D eigenvalue weighted by Crippen LogP contribution is 2.27. The molecule has 2 rings (SSSR count). The van der Waals surface area contributed by atoms with Crippen LogP contribution in [-0.4, -0.2) is 34.0 Å². The number of likely N-dealkylation sites (tertiary alicyclic amines) is 1. The zero-order valence-electron chi connectivity index (χ0n) is 12.8. The van der Waals surface area contributed by atoms with E-state index in [0.29, 0.717) is 5.92 Å². The second kappa shape index (κ2) is 7.71. The Morgan fingerprint density at radius 2 is 2.00 bits per heavy atom. The highest BCUT2D eigenvalue weighted by atomic mass is 32.1. The molecule has 4 nitrogen and oxygen atoms in total. The summed E-state index contributed by atoms with van der Waals surface area (Å²) in [6.07, 6.45) is 8.09. The first-order valence-electron chi connectivity index (χ1n) is 7.69. The highest BCUT2D eigenvalue weighted by Gasteiger charge is 2.16. The molecule has 0 amide bonds. The van der Waals surface area contributed by atoms with Crippen molar-refractivity contribution in [2.75, 3.05) is 13.1 Å². The summed E-state index contributed by atoms with van der Waals surface area (Å²) in [5.74, 6) is -0.597. The van der Waals surface area contributed by atoms with E-state index in [1.54, 1.807) is 17.4 Å². The molecule has 1 saturated heterocycles. The van der Waals surface area contributed by atoms with Crippen LogP contribution >= 0.6 is 11.3 Å². The molecule has 21 heavy (non-hydrogen) atoms. The van der Waals surface area contributed by atoms with Gasteiger partial charge in [-0.1, -0.05) is 26.7 Å². The van der Waals surface area contributed by atoms with Gasteiger partial charge >= 0.3 is 5.97 Å². The molecule has 0 radical (unpaired) electrons. The fourth-order valence-electron chi connectivity index (χ4n) is 2.62. The summed E-state index contributed by atoms with van der Waals surface area (Å²) in [5.41, 5.74) is 1.02. The van der Waals surface area contributed by atoms with Gasteiger partial charge in [-0.3, -0.25) is 4.90 Å². The zero-order chi connectivity index (χ0) is 15.2. The third kappa shape index (κ3) is 4.93. The molecule has 0 bridgehead atoms. The third-order valence-corrected chi connectivity index (χ3v) is 4.73. The molecule has 1 N–H and O–H groups in total. The van der Waals surface area contributed by atoms with Gasteiger partial charge in [-0.2, -0.15) is 0 Å². The van der Waals surface area contributed by atoms with E-state index in [-0.39, 0.29) is 0 Å². The Hall–Kier alpha value is -1.20. The normalized spacial score (nSPS) is 17.5. The van der Waals surface area contributed by atoms with Gasteiger partial charge in [0.2, 0.25) is 0 Å². The van der Waals surface area contributed by atoms with Gasteiger partial charge in [-0.05, 0) is 37.9 Å². The second-order valence-electron chi connectivity index (χ2n) is 5.87. The Bertz CT molecular complexity index is 500. The average molecular weight is 308 g/mol. The topological polar surface area (TPSA) is 53.4 Å². The van der Waals surface area contributed by atoms with Gasteiger partial charge < -0.3 is 5.11 Å². The van der Waals surface area contributed by atoms with Gasteiger partial charge in [0.25, 0.3) is 0 Å². The lowest BCUT2D eigenvalue weighted by molar-refractivity contribution is -0.131. The average Bonchev–Trinajstić information content (AvgIpc) is 2.64. The molecule has 1 aliphatic rings. The molecule has 0 aliphatic carbocycles. The largest absolute Gasteiger partial charge is 0.478 e. The minimum atomic E-state index is -0.910. The number of carboxylic acid groups (broad SMARTS) is 1. The predicted octanol–water partition coefficient (Wildman–Crippen LogP) is 3.74. The van der Waals surface area contributed by atoms with Crippen molar-refractivity contribution in [3.63, 3.8) is 0 Å². The van der Waals surface area contributed by atoms with Gasteiger partial charge in [0.05, 0.1) is 17.1 Å². The summed E-state index contributed by atoms with van der Waals surface area (Å²) >= 11 is 1.63. The minimum Gasteiger partial charge on any atom is -0.478 e. The van der Waals surface area contributed by atoms with Crippen LogP contribution in [0.3, 0.4) is 0 Å². The Balaban J connectivity index is 2.12. The molecule has 0 aromatic carbocycles. The van der Waals surface area contributed by atoms with E-state index < -0.39 is 5.97 Å². The van der Waals surface area contributed by atoms with Crippen LogP contribution in [0, 0.1) is 0 Å². The van der Waals surface area contributed by atoms with E-state index in [1.165, 1.54) is 31.8 Å². The van der Waals surface area contributed by atoms with Crippen LogP contribution in [0.15, 0.2) is 6.08 Å². The molecule has 0 unspecified atom stereocenters. The van der Waals surface area contributed by atoms with Crippen molar-refractivity contribution >= 4 is 23.4 Å². The number of hydrogen-bond acceptors (Lipinski definition) is 4. The van der Waals surface area contributed by atoms with Crippen LogP contribution in [0.5, 0.6) is 0 Å². The maximum atomic E-state index is 10.7. The number of aliphatic carboxylic acids is 1. The van der Waals surface area contributed by atoms with Crippen molar-refractivity contribution in [3.05, 3.63) is 21.7 Å². The first kappa shape index (κ1) is 16.2. The molecule has 1 aromatic rings. The van der Waals surface area contributed by atoms with Gasteiger partial charge in [0.15, 0.2) is 0 Å². The number of rotatable bonds is 5. The Morgan fingerprint density at radius 1 is 1.33 bits per heavy atom. The molecule has 1 fully saturated rings. The number of aromatic nitrogens is 1. The molecule has 0 spiro atoms. The van der Waals surface area contributed by atoms with Gasteiger partial charge in [0.1, 0.15) is 5.01 Å². The first-order chi connectivity index (χ1) is 10.1. The predicted molar refractivity (Wildman–Crippen MR) is 86.6 cm³/mol. The van der Waals surface area contributed by atoms with Crippen LogP contribution in [0.1, 0.15) is 61.0 Å². The maximum Gasteiger partial charge on any atom is 0.328 e. The SMILES string of the molecule is CC(C)c1nc(CN2CCCCCC2)sc1/C=C/C(=O)O. The fourth-order valence-corrected chi connectivity index (χ4v) is 3.79. The van der Waals surface area contributed by atoms with Crippen molar-refractivity contribution < 1.29 is 9.90 Å². The van der Waals surface area contributed by atoms with Crippen LogP contribution in [0.2, 0.25) is 0 Å². The van der Waals surface area contributed by atoms with Gasteiger partial charge in [-0.15, -0.1) is 11.3 Å². The summed E-state index contributed by atoms with van der Waals surface area (Å²) in [6, 6.07) is 0. The lowest BCUT2D eigenvalue weighted by atomic mass is 10.1. The molecule has 2 heterocycles. The Labute approximate surface area is 130 Å². The van der Waals surface area contributed by atoms with Crippen molar-refractivity contribution in [2.24, 2.45) is 0 Å². The lowest BCUT2D eigenvalue weighted by Gasteiger charge is -2.17. The maximum absolute atomic E-state index is 10.7. The van der Waals surface area contributed by atoms with E-state index in [1.807, 2.05) is 0 Å². The number of carboxylic acids is 1. The summed E-state index contributed by atoms with van der Waals surface area (Å²) in [7, 11) is 0. The zero-order valence-corrected chi connectivity index (χ0v) is 13.7. The van der Waals surface area contributed by atoms with Crippen LogP contribution in [0.4, 0.5) is 0 Å². The van der Waals surface area contributed by atoms with Gasteiger partial charge in [0, 0.05) is 6.08 Å². The van der Waals surface area contributed by atoms with Crippen LogP contribution < -0.4 is 0 Å². The lowest BCUT2D eigenvalue weighted by Crippen LogP contribution is -2.23. The Morgan fingerprint density at radius 3 is 2.57 bits per heavy atom. The van der Waals surface area contributed by atoms with Crippen molar-refractivity contribution in [1.82, 2.24) is 9.88 Å². The smallest absolute Gasteiger partial charge is 0.328 e. The number of carbonyl (C=O) groups is 1. The molecule has 1 aliphatic heterocycles. The van der Waals surface area contributed by atoms with E-state index in [2.05, 4.69) is 18.7 Å². The van der Waals surface area contributed by atoms with Crippen molar-refractivity contribution in [1.29, 1.82) is 0 Å². The van der Waals surface area contributed by atoms with Gasteiger partial charge in [-0.25, -0.2) is 9.78 Å². The highest BCUT2D eigenvalue weighted by molar-refractivity contribution is 7.12. The van der Waals surface area contributed by atoms with E-state index in [0.717, 1.165) is 35.2 Å². The molecule has 0 atom stereocenters. The fraction of sp³-hybridized carbons (Fsp3) is 0.625. The molecular formula is C16H24N2O2S. The van der Waals surface area contributed by atoms with E-state index in [9.17, 15) is 4.79 Å². The molecule has 1 aromatic heterocycles. The standard InChI is InChI=1S/C16H24N2O2S/c1-12(2)16-13(7-8-15(19)20)21-14(17-16)11-18-9-5-3-4-6-10-18/h7-8,12H,3-6,9-11H2,1-2H3,(H,19,20)/b8-7+. The Kier molecular flexibility index (Phi) is 5.94. The molecular weight excluding hydrogens is 284 g/mol. The van der Waals surface area contributed by atoms with E-state index in [4.69, 9.17) is 10.1 Å². The van der Waals surface area contributed by atoms with Crippen LogP contribution in [0.25, 0.3) is 6.08 Å².